The van der Waals surface area contributed by atoms with Crippen LogP contribution in [0.5, 0.6) is 5.75 Å². The summed E-state index contributed by atoms with van der Waals surface area (Å²) in [6.07, 6.45) is 5.42. The molecule has 1 aliphatic rings. The first-order chi connectivity index (χ1) is 14.0. The Bertz CT molecular complexity index is 931. The maximum absolute atomic E-state index is 12.2. The van der Waals surface area contributed by atoms with Crippen LogP contribution in [0.1, 0.15) is 36.8 Å². The summed E-state index contributed by atoms with van der Waals surface area (Å²) in [5.74, 6) is 0.623. The van der Waals surface area contributed by atoms with Crippen LogP contribution in [0, 0.1) is 17.2 Å². The minimum Gasteiger partial charge on any atom is -0.507 e. The van der Waals surface area contributed by atoms with Crippen molar-refractivity contribution in [2.45, 2.75) is 31.7 Å². The van der Waals surface area contributed by atoms with E-state index in [0.717, 1.165) is 25.7 Å². The van der Waals surface area contributed by atoms with Gasteiger partial charge >= 0.3 is 6.03 Å². The molecule has 3 rings (SSSR count). The van der Waals surface area contributed by atoms with Gasteiger partial charge in [-0.2, -0.15) is 5.26 Å². The third-order valence-corrected chi connectivity index (χ3v) is 5.25. The molecule has 0 atom stereocenters. The number of aliphatic imine (C=N–C) groups is 1. The topological polar surface area (TPSA) is 97.5 Å². The number of benzene rings is 2. The van der Waals surface area contributed by atoms with E-state index in [1.165, 1.54) is 0 Å². The predicted octanol–water partition coefficient (Wildman–Crippen LogP) is 4.72. The van der Waals surface area contributed by atoms with Crippen LogP contribution in [0.25, 0.3) is 0 Å². The van der Waals surface area contributed by atoms with Gasteiger partial charge in [-0.1, -0.05) is 17.7 Å². The second kappa shape index (κ2) is 9.94. The molecule has 0 bridgehead atoms. The molecule has 29 heavy (non-hydrogen) atoms. The van der Waals surface area contributed by atoms with Crippen LogP contribution < -0.4 is 10.6 Å². The van der Waals surface area contributed by atoms with Crippen molar-refractivity contribution in [2.75, 3.05) is 11.9 Å². The molecule has 0 aliphatic heterocycles. The van der Waals surface area contributed by atoms with Crippen LogP contribution in [0.2, 0.25) is 5.02 Å². The zero-order chi connectivity index (χ0) is 20.6. The number of carbonyl (C=O) groups is 1. The van der Waals surface area contributed by atoms with Gasteiger partial charge in [-0.25, -0.2) is 4.79 Å². The summed E-state index contributed by atoms with van der Waals surface area (Å²) in [7, 11) is 0. The van der Waals surface area contributed by atoms with Gasteiger partial charge in [-0.05, 0) is 68.0 Å². The van der Waals surface area contributed by atoms with E-state index in [-0.39, 0.29) is 17.8 Å². The molecule has 2 aromatic rings. The number of amides is 2. The van der Waals surface area contributed by atoms with Gasteiger partial charge in [0.05, 0.1) is 11.6 Å². The average Bonchev–Trinajstić information content (AvgIpc) is 2.72. The molecule has 0 saturated heterocycles. The van der Waals surface area contributed by atoms with Gasteiger partial charge in [0, 0.05) is 35.1 Å². The number of rotatable bonds is 5. The normalized spacial score (nSPS) is 18.9. The van der Waals surface area contributed by atoms with Gasteiger partial charge in [0.25, 0.3) is 0 Å². The molecule has 1 saturated carbocycles. The average molecular weight is 411 g/mol. The van der Waals surface area contributed by atoms with Crippen molar-refractivity contribution in [1.29, 1.82) is 5.26 Å². The van der Waals surface area contributed by atoms with Gasteiger partial charge < -0.3 is 15.7 Å². The second-order valence-electron chi connectivity index (χ2n) is 7.21. The maximum Gasteiger partial charge on any atom is 0.319 e. The van der Waals surface area contributed by atoms with Crippen molar-refractivity contribution in [3.8, 4) is 11.8 Å². The summed E-state index contributed by atoms with van der Waals surface area (Å²) < 4.78 is 0. The van der Waals surface area contributed by atoms with Crippen LogP contribution in [-0.2, 0) is 0 Å². The summed E-state index contributed by atoms with van der Waals surface area (Å²) in [4.78, 5) is 16.6. The molecule has 2 aromatic carbocycles. The van der Waals surface area contributed by atoms with Crippen molar-refractivity contribution in [3.63, 3.8) is 0 Å². The first kappa shape index (κ1) is 20.7. The Labute approximate surface area is 175 Å². The standard InChI is InChI=1S/C22H23ClN4O2/c23-18-6-9-21(28)17(11-18)14-25-13-15-4-7-19(8-5-15)26-22(29)27-20-3-1-2-16(10-20)12-24/h1-3,6,9-11,14-15,19,28H,4-5,7-8,13H2,(H2,26,27,29)/t15-,19+. The number of phenolic OH excluding ortho intramolecular Hbond substituents is 1. The zero-order valence-corrected chi connectivity index (χ0v) is 16.7. The van der Waals surface area contributed by atoms with E-state index in [1.54, 1.807) is 48.7 Å². The van der Waals surface area contributed by atoms with Crippen LogP contribution in [0.15, 0.2) is 47.5 Å². The minimum atomic E-state index is -0.252. The number of nitrogens with one attached hydrogen (secondary N) is 2. The molecule has 1 aliphatic carbocycles. The Balaban J connectivity index is 1.42. The highest BCUT2D eigenvalue weighted by Crippen LogP contribution is 2.25. The lowest BCUT2D eigenvalue weighted by atomic mass is 9.86. The lowest BCUT2D eigenvalue weighted by Crippen LogP contribution is -2.40. The molecule has 0 spiro atoms. The second-order valence-corrected chi connectivity index (χ2v) is 7.64. The number of nitriles is 1. The van der Waals surface area contributed by atoms with Crippen molar-refractivity contribution < 1.29 is 9.90 Å². The molecule has 1 fully saturated rings. The summed E-state index contributed by atoms with van der Waals surface area (Å²) >= 11 is 5.94. The molecule has 0 unspecified atom stereocenters. The fraction of sp³-hybridized carbons (Fsp3) is 0.318. The summed E-state index contributed by atoms with van der Waals surface area (Å²) in [5, 5.41) is 25.1. The number of anilines is 1. The number of phenols is 1. The molecular weight excluding hydrogens is 388 g/mol. The van der Waals surface area contributed by atoms with Crippen molar-refractivity contribution in [2.24, 2.45) is 10.9 Å². The van der Waals surface area contributed by atoms with Crippen LogP contribution in [0.4, 0.5) is 10.5 Å². The van der Waals surface area contributed by atoms with E-state index < -0.39 is 0 Å². The first-order valence-corrected chi connectivity index (χ1v) is 9.97. The van der Waals surface area contributed by atoms with Gasteiger partial charge in [-0.3, -0.25) is 4.99 Å². The molecule has 2 amide bonds. The fourth-order valence-electron chi connectivity index (χ4n) is 3.44. The van der Waals surface area contributed by atoms with E-state index in [9.17, 15) is 9.90 Å². The van der Waals surface area contributed by atoms with Gasteiger partial charge in [0.15, 0.2) is 0 Å². The third kappa shape index (κ3) is 6.23. The Morgan fingerprint density at radius 2 is 2.03 bits per heavy atom. The monoisotopic (exact) mass is 410 g/mol. The number of aromatic hydroxyl groups is 1. The largest absolute Gasteiger partial charge is 0.507 e. The van der Waals surface area contributed by atoms with Gasteiger partial charge in [0.2, 0.25) is 0 Å². The Morgan fingerprint density at radius 1 is 1.24 bits per heavy atom. The van der Waals surface area contributed by atoms with Crippen molar-refractivity contribution in [3.05, 3.63) is 58.6 Å². The number of carbonyl (C=O) groups excluding carboxylic acids is 1. The van der Waals surface area contributed by atoms with Gasteiger partial charge in [0.1, 0.15) is 5.75 Å². The summed E-state index contributed by atoms with van der Waals surface area (Å²) in [6, 6.07) is 13.7. The minimum absolute atomic E-state index is 0.131. The molecule has 0 heterocycles. The zero-order valence-electron chi connectivity index (χ0n) is 15.9. The van der Waals surface area contributed by atoms with Crippen molar-refractivity contribution >= 4 is 29.5 Å². The van der Waals surface area contributed by atoms with E-state index >= 15 is 0 Å². The summed E-state index contributed by atoms with van der Waals surface area (Å²) in [6.45, 7) is 0.686. The van der Waals surface area contributed by atoms with Crippen LogP contribution in [0.3, 0.4) is 0 Å². The maximum atomic E-state index is 12.2. The molecule has 150 valence electrons. The fourth-order valence-corrected chi connectivity index (χ4v) is 3.62. The smallest absolute Gasteiger partial charge is 0.319 e. The number of hydrogen-bond acceptors (Lipinski definition) is 4. The number of hydrogen-bond donors (Lipinski definition) is 3. The number of nitrogens with zero attached hydrogens (tertiary/aromatic N) is 2. The van der Waals surface area contributed by atoms with Crippen LogP contribution >= 0.6 is 11.6 Å². The third-order valence-electron chi connectivity index (χ3n) is 5.02. The Morgan fingerprint density at radius 3 is 2.79 bits per heavy atom. The van der Waals surface area contributed by atoms with E-state index in [0.29, 0.717) is 34.3 Å². The van der Waals surface area contributed by atoms with E-state index in [1.807, 2.05) is 0 Å². The van der Waals surface area contributed by atoms with E-state index in [4.69, 9.17) is 16.9 Å². The molecule has 7 heteroatoms. The van der Waals surface area contributed by atoms with Crippen molar-refractivity contribution in [1.82, 2.24) is 5.32 Å². The highest BCUT2D eigenvalue weighted by Gasteiger charge is 2.22. The Hall–Kier alpha value is -3.04. The lowest BCUT2D eigenvalue weighted by molar-refractivity contribution is 0.238. The van der Waals surface area contributed by atoms with Gasteiger partial charge in [-0.15, -0.1) is 0 Å². The predicted molar refractivity (Wildman–Crippen MR) is 115 cm³/mol. The Kier molecular flexibility index (Phi) is 7.09. The molecule has 0 aromatic heterocycles. The van der Waals surface area contributed by atoms with Crippen LogP contribution in [-0.4, -0.2) is 29.9 Å². The number of urea groups is 1. The first-order valence-electron chi connectivity index (χ1n) is 9.59. The highest BCUT2D eigenvalue weighted by atomic mass is 35.5. The highest BCUT2D eigenvalue weighted by molar-refractivity contribution is 6.30. The molecule has 3 N–H and O–H groups in total. The molecule has 0 radical (unpaired) electrons. The lowest BCUT2D eigenvalue weighted by Gasteiger charge is -2.28. The van der Waals surface area contributed by atoms with E-state index in [2.05, 4.69) is 21.7 Å². The molecular formula is C22H23ClN4O2. The number of halogens is 1. The summed E-state index contributed by atoms with van der Waals surface area (Å²) in [5.41, 5.74) is 1.73. The SMILES string of the molecule is N#Cc1cccc(NC(=O)N[C@H]2CC[C@@H](CN=Cc3cc(Cl)ccc3O)CC2)c1. The molecule has 6 nitrogen and oxygen atoms in total. The quantitative estimate of drug-likeness (QED) is 0.622.